The van der Waals surface area contributed by atoms with Crippen LogP contribution in [0.3, 0.4) is 0 Å². The highest BCUT2D eigenvalue weighted by atomic mass is 32.2. The van der Waals surface area contributed by atoms with Gasteiger partial charge in [0.15, 0.2) is 0 Å². The lowest BCUT2D eigenvalue weighted by atomic mass is 9.88. The van der Waals surface area contributed by atoms with Crippen LogP contribution in [0.2, 0.25) is 0 Å². The molecule has 0 radical (unpaired) electrons. The molecule has 2 rings (SSSR count). The van der Waals surface area contributed by atoms with Crippen molar-refractivity contribution >= 4 is 11.8 Å². The summed E-state index contributed by atoms with van der Waals surface area (Å²) in [6.45, 7) is 5.38. The Hall–Kier alpha value is -0.470. The van der Waals surface area contributed by atoms with Gasteiger partial charge in [-0.05, 0) is 35.8 Å². The third kappa shape index (κ3) is 1.60. The van der Waals surface area contributed by atoms with Gasteiger partial charge in [0.05, 0.1) is 0 Å². The predicted molar refractivity (Wildman–Crippen MR) is 67.4 cm³/mol. The van der Waals surface area contributed by atoms with Crippen molar-refractivity contribution < 1.29 is 0 Å². The lowest BCUT2D eigenvalue weighted by molar-refractivity contribution is 0.502. The van der Waals surface area contributed by atoms with E-state index in [-0.39, 0.29) is 5.41 Å². The summed E-state index contributed by atoms with van der Waals surface area (Å²) < 4.78 is 0. The quantitative estimate of drug-likeness (QED) is 0.794. The van der Waals surface area contributed by atoms with Crippen molar-refractivity contribution in [2.45, 2.75) is 30.6 Å². The summed E-state index contributed by atoms with van der Waals surface area (Å²) in [4.78, 5) is 1.34. The molecule has 1 aliphatic rings. The molecule has 1 fully saturated rings. The Morgan fingerprint density at radius 1 is 1.40 bits per heavy atom. The van der Waals surface area contributed by atoms with Crippen molar-refractivity contribution in [1.82, 2.24) is 0 Å². The number of hydrogen-bond acceptors (Lipinski definition) is 2. The normalized spacial score (nSPS) is 27.7. The topological polar surface area (TPSA) is 26.0 Å². The van der Waals surface area contributed by atoms with Crippen LogP contribution in [0.15, 0.2) is 29.2 Å². The number of rotatable bonds is 3. The van der Waals surface area contributed by atoms with E-state index in [1.165, 1.54) is 16.9 Å². The number of nitrogens with two attached hydrogens (primary N) is 1. The molecule has 0 heterocycles. The molecule has 0 saturated heterocycles. The fourth-order valence-electron chi connectivity index (χ4n) is 2.59. The third-order valence-corrected chi connectivity index (χ3v) is 4.61. The molecule has 2 heteroatoms. The Morgan fingerprint density at radius 2 is 2.07 bits per heavy atom. The van der Waals surface area contributed by atoms with E-state index in [1.807, 2.05) is 0 Å². The van der Waals surface area contributed by atoms with Crippen LogP contribution >= 0.6 is 11.8 Å². The molecule has 1 unspecified atom stereocenters. The molecule has 0 aliphatic heterocycles. The largest absolute Gasteiger partial charge is 0.330 e. The molecule has 1 saturated carbocycles. The monoisotopic (exact) mass is 221 g/mol. The van der Waals surface area contributed by atoms with Crippen LogP contribution in [0.1, 0.15) is 25.8 Å². The van der Waals surface area contributed by atoms with Crippen molar-refractivity contribution in [3.05, 3.63) is 29.8 Å². The van der Waals surface area contributed by atoms with Crippen LogP contribution < -0.4 is 5.73 Å². The summed E-state index contributed by atoms with van der Waals surface area (Å²) in [5.41, 5.74) is 7.99. The van der Waals surface area contributed by atoms with Crippen LogP contribution in [-0.2, 0) is 5.41 Å². The van der Waals surface area contributed by atoms with Crippen LogP contribution in [-0.4, -0.2) is 12.8 Å². The average Bonchev–Trinajstić information content (AvgIpc) is 2.82. The van der Waals surface area contributed by atoms with Gasteiger partial charge in [-0.15, -0.1) is 11.8 Å². The number of benzene rings is 1. The average molecular weight is 221 g/mol. The maximum absolute atomic E-state index is 5.96. The molecule has 82 valence electrons. The van der Waals surface area contributed by atoms with Crippen molar-refractivity contribution in [3.8, 4) is 0 Å². The molecule has 1 nitrogen and oxygen atoms in total. The summed E-state index contributed by atoms with van der Waals surface area (Å²) >= 11 is 1.80. The fourth-order valence-corrected chi connectivity index (χ4v) is 3.05. The molecule has 1 aromatic rings. The van der Waals surface area contributed by atoms with E-state index in [0.29, 0.717) is 5.41 Å². The fraction of sp³-hybridized carbons (Fsp3) is 0.538. The molecule has 0 amide bonds. The first kappa shape index (κ1) is 11.0. The van der Waals surface area contributed by atoms with E-state index in [9.17, 15) is 0 Å². The van der Waals surface area contributed by atoms with Gasteiger partial charge < -0.3 is 5.73 Å². The predicted octanol–water partition coefficient (Wildman–Crippen LogP) is 3.03. The highest BCUT2D eigenvalue weighted by Gasteiger charge is 2.60. The maximum Gasteiger partial charge on any atom is 0.0133 e. The highest BCUT2D eigenvalue weighted by molar-refractivity contribution is 7.98. The summed E-state index contributed by atoms with van der Waals surface area (Å²) in [5.74, 6) is 0. The Labute approximate surface area is 96.4 Å². The van der Waals surface area contributed by atoms with Crippen molar-refractivity contribution in [3.63, 3.8) is 0 Å². The molecule has 0 bridgehead atoms. The zero-order valence-corrected chi connectivity index (χ0v) is 10.5. The minimum atomic E-state index is 0.235. The second-order valence-corrected chi connectivity index (χ2v) is 5.96. The lowest BCUT2D eigenvalue weighted by Gasteiger charge is -2.19. The second-order valence-electron chi connectivity index (χ2n) is 5.08. The number of thioether (sulfide) groups is 1. The maximum atomic E-state index is 5.96. The first-order valence-corrected chi connectivity index (χ1v) is 6.63. The molecule has 2 N–H and O–H groups in total. The molecule has 1 atom stereocenters. The van der Waals surface area contributed by atoms with Gasteiger partial charge in [0.2, 0.25) is 0 Å². The van der Waals surface area contributed by atoms with E-state index in [2.05, 4.69) is 44.4 Å². The Bertz CT molecular complexity index is 373. The second kappa shape index (κ2) is 3.53. The van der Waals surface area contributed by atoms with Crippen molar-refractivity contribution in [2.75, 3.05) is 12.8 Å². The van der Waals surface area contributed by atoms with E-state index >= 15 is 0 Å². The summed E-state index contributed by atoms with van der Waals surface area (Å²) in [7, 11) is 0. The van der Waals surface area contributed by atoms with Gasteiger partial charge in [-0.25, -0.2) is 0 Å². The molecule has 0 spiro atoms. The Kier molecular flexibility index (Phi) is 2.60. The third-order valence-electron chi connectivity index (χ3n) is 3.88. The van der Waals surface area contributed by atoms with Crippen LogP contribution in [0.25, 0.3) is 0 Å². The molecule has 1 aliphatic carbocycles. The standard InChI is InChI=1S/C13H19NS/c1-12(2)8-13(12,9-14)10-5-4-6-11(7-10)15-3/h4-7H,8-9,14H2,1-3H3. The Morgan fingerprint density at radius 3 is 2.53 bits per heavy atom. The number of hydrogen-bond donors (Lipinski definition) is 1. The summed E-state index contributed by atoms with van der Waals surface area (Å²) in [6, 6.07) is 8.83. The van der Waals surface area contributed by atoms with E-state index in [0.717, 1.165) is 6.54 Å². The molecule has 1 aromatic carbocycles. The minimum Gasteiger partial charge on any atom is -0.330 e. The van der Waals surface area contributed by atoms with Crippen LogP contribution in [0.5, 0.6) is 0 Å². The first-order valence-electron chi connectivity index (χ1n) is 5.40. The van der Waals surface area contributed by atoms with Gasteiger partial charge >= 0.3 is 0 Å². The van der Waals surface area contributed by atoms with Gasteiger partial charge in [0, 0.05) is 16.9 Å². The van der Waals surface area contributed by atoms with Crippen molar-refractivity contribution in [1.29, 1.82) is 0 Å². The van der Waals surface area contributed by atoms with Crippen LogP contribution in [0, 0.1) is 5.41 Å². The molecular formula is C13H19NS. The molecular weight excluding hydrogens is 202 g/mol. The van der Waals surface area contributed by atoms with E-state index < -0.39 is 0 Å². The van der Waals surface area contributed by atoms with E-state index in [1.54, 1.807) is 11.8 Å². The van der Waals surface area contributed by atoms with Gasteiger partial charge in [-0.1, -0.05) is 26.0 Å². The zero-order valence-electron chi connectivity index (χ0n) is 9.71. The Balaban J connectivity index is 2.37. The molecule has 15 heavy (non-hydrogen) atoms. The van der Waals surface area contributed by atoms with Crippen LogP contribution in [0.4, 0.5) is 0 Å². The summed E-state index contributed by atoms with van der Waals surface area (Å²) in [5, 5.41) is 0. The smallest absolute Gasteiger partial charge is 0.0133 e. The SMILES string of the molecule is CSc1cccc(C2(CN)CC2(C)C)c1. The van der Waals surface area contributed by atoms with E-state index in [4.69, 9.17) is 5.73 Å². The van der Waals surface area contributed by atoms with Gasteiger partial charge in [0.25, 0.3) is 0 Å². The summed E-state index contributed by atoms with van der Waals surface area (Å²) in [6.07, 6.45) is 3.33. The van der Waals surface area contributed by atoms with Gasteiger partial charge in [-0.2, -0.15) is 0 Å². The van der Waals surface area contributed by atoms with Gasteiger partial charge in [0.1, 0.15) is 0 Å². The minimum absolute atomic E-state index is 0.235. The first-order chi connectivity index (χ1) is 7.05. The lowest BCUT2D eigenvalue weighted by Crippen LogP contribution is -2.25. The van der Waals surface area contributed by atoms with Crippen molar-refractivity contribution in [2.24, 2.45) is 11.1 Å². The molecule has 0 aromatic heterocycles. The zero-order chi connectivity index (χ0) is 11.1. The van der Waals surface area contributed by atoms with Gasteiger partial charge in [-0.3, -0.25) is 0 Å². The highest BCUT2D eigenvalue weighted by Crippen LogP contribution is 2.63.